The van der Waals surface area contributed by atoms with Crippen LogP contribution in [-0.4, -0.2) is 16.5 Å². The Morgan fingerprint density at radius 2 is 2.05 bits per heavy atom. The van der Waals surface area contributed by atoms with Crippen LogP contribution in [0.1, 0.15) is 18.1 Å². The summed E-state index contributed by atoms with van der Waals surface area (Å²) in [7, 11) is 0. The lowest BCUT2D eigenvalue weighted by Gasteiger charge is -2.10. The lowest BCUT2D eigenvalue weighted by molar-refractivity contribution is 1.15. The zero-order valence-corrected chi connectivity index (χ0v) is 13.8. The third-order valence-corrected chi connectivity index (χ3v) is 4.99. The normalized spacial score (nSPS) is 11.0. The van der Waals surface area contributed by atoms with E-state index in [-0.39, 0.29) is 0 Å². The van der Waals surface area contributed by atoms with E-state index in [1.807, 2.05) is 18.4 Å². The van der Waals surface area contributed by atoms with Crippen molar-refractivity contribution in [2.24, 2.45) is 0 Å². The fraction of sp³-hybridized carbons (Fsp3) is 0.250. The zero-order valence-electron chi connectivity index (χ0n) is 12.2. The highest BCUT2D eigenvalue weighted by Gasteiger charge is 2.14. The van der Waals surface area contributed by atoms with Gasteiger partial charge in [0.05, 0.1) is 15.4 Å². The summed E-state index contributed by atoms with van der Waals surface area (Å²) >= 11 is 7.94. The Morgan fingerprint density at radius 1 is 1.24 bits per heavy atom. The number of aromatic nitrogens is 2. The van der Waals surface area contributed by atoms with Crippen molar-refractivity contribution in [3.8, 4) is 10.7 Å². The predicted octanol–water partition coefficient (Wildman–Crippen LogP) is 5.06. The number of aryl methyl sites for hydroxylation is 2. The summed E-state index contributed by atoms with van der Waals surface area (Å²) in [4.78, 5) is 10.3. The topological polar surface area (TPSA) is 37.8 Å². The van der Waals surface area contributed by atoms with Crippen molar-refractivity contribution in [3.05, 3.63) is 39.7 Å². The largest absolute Gasteiger partial charge is 0.370 e. The molecule has 3 aromatic rings. The minimum atomic E-state index is 0.686. The van der Waals surface area contributed by atoms with Crippen LogP contribution in [-0.2, 0) is 0 Å². The van der Waals surface area contributed by atoms with E-state index in [9.17, 15) is 0 Å². The molecule has 21 heavy (non-hydrogen) atoms. The molecule has 0 radical (unpaired) electrons. The zero-order chi connectivity index (χ0) is 15.0. The molecule has 0 aliphatic heterocycles. The number of benzene rings is 1. The van der Waals surface area contributed by atoms with Crippen LogP contribution in [0.3, 0.4) is 0 Å². The second-order valence-electron chi connectivity index (χ2n) is 5.01. The fourth-order valence-corrected chi connectivity index (χ4v) is 3.44. The second-order valence-corrected chi connectivity index (χ2v) is 6.27. The van der Waals surface area contributed by atoms with Crippen LogP contribution in [0.2, 0.25) is 5.02 Å². The minimum absolute atomic E-state index is 0.686. The van der Waals surface area contributed by atoms with Crippen molar-refractivity contribution < 1.29 is 0 Å². The van der Waals surface area contributed by atoms with Crippen LogP contribution in [0.15, 0.2) is 23.6 Å². The van der Waals surface area contributed by atoms with E-state index in [1.54, 1.807) is 11.3 Å². The summed E-state index contributed by atoms with van der Waals surface area (Å²) in [6, 6.07) is 6.21. The number of thiophene rings is 1. The van der Waals surface area contributed by atoms with Crippen molar-refractivity contribution in [2.75, 3.05) is 11.9 Å². The van der Waals surface area contributed by atoms with Crippen LogP contribution in [0.25, 0.3) is 21.6 Å². The van der Waals surface area contributed by atoms with Gasteiger partial charge in [0.25, 0.3) is 0 Å². The standard InChI is InChI=1S/C16H16ClN3S/c1-4-18-15-11-7-9(2)5-6-12(11)19-16(20-15)14-13(17)10(3)8-21-14/h5-8H,4H2,1-3H3,(H,18,19,20). The van der Waals surface area contributed by atoms with Gasteiger partial charge in [-0.1, -0.05) is 23.2 Å². The Balaban J connectivity index is 2.25. The van der Waals surface area contributed by atoms with Gasteiger partial charge >= 0.3 is 0 Å². The molecule has 0 amide bonds. The molecule has 2 heterocycles. The average molecular weight is 318 g/mol. The van der Waals surface area contributed by atoms with Crippen LogP contribution in [0, 0.1) is 13.8 Å². The number of nitrogens with zero attached hydrogens (tertiary/aromatic N) is 2. The predicted molar refractivity (Wildman–Crippen MR) is 91.5 cm³/mol. The molecular formula is C16H16ClN3S. The highest BCUT2D eigenvalue weighted by atomic mass is 35.5. The highest BCUT2D eigenvalue weighted by Crippen LogP contribution is 2.36. The number of hydrogen-bond donors (Lipinski definition) is 1. The van der Waals surface area contributed by atoms with Gasteiger partial charge in [-0.2, -0.15) is 0 Å². The van der Waals surface area contributed by atoms with E-state index < -0.39 is 0 Å². The van der Waals surface area contributed by atoms with Gasteiger partial charge in [0.2, 0.25) is 0 Å². The first-order valence-corrected chi connectivity index (χ1v) is 8.12. The lowest BCUT2D eigenvalue weighted by Crippen LogP contribution is -2.02. The van der Waals surface area contributed by atoms with Crippen LogP contribution < -0.4 is 5.32 Å². The Hall–Kier alpha value is -1.65. The second kappa shape index (κ2) is 5.62. The van der Waals surface area contributed by atoms with Crippen molar-refractivity contribution in [1.82, 2.24) is 9.97 Å². The van der Waals surface area contributed by atoms with E-state index >= 15 is 0 Å². The Kier molecular flexibility index (Phi) is 3.83. The third kappa shape index (κ3) is 2.61. The number of anilines is 1. The molecule has 0 saturated carbocycles. The van der Waals surface area contributed by atoms with Gasteiger partial charge in [-0.15, -0.1) is 11.3 Å². The first-order chi connectivity index (χ1) is 10.1. The minimum Gasteiger partial charge on any atom is -0.370 e. The van der Waals surface area contributed by atoms with E-state index in [1.165, 1.54) is 5.56 Å². The molecular weight excluding hydrogens is 302 g/mol. The molecule has 0 fully saturated rings. The van der Waals surface area contributed by atoms with Gasteiger partial charge in [-0.3, -0.25) is 0 Å². The molecule has 2 aromatic heterocycles. The van der Waals surface area contributed by atoms with Gasteiger partial charge < -0.3 is 5.32 Å². The highest BCUT2D eigenvalue weighted by molar-refractivity contribution is 7.14. The molecule has 0 atom stereocenters. The van der Waals surface area contributed by atoms with Crippen LogP contribution in [0.4, 0.5) is 5.82 Å². The molecule has 3 nitrogen and oxygen atoms in total. The van der Waals surface area contributed by atoms with Crippen molar-refractivity contribution >= 4 is 39.7 Å². The molecule has 0 saturated heterocycles. The van der Waals surface area contributed by atoms with E-state index in [0.717, 1.165) is 38.7 Å². The Morgan fingerprint density at radius 3 is 2.71 bits per heavy atom. The molecule has 0 bridgehead atoms. The summed E-state index contributed by atoms with van der Waals surface area (Å²) in [6.45, 7) is 6.95. The van der Waals surface area contributed by atoms with Gasteiger partial charge in [0.1, 0.15) is 5.82 Å². The first-order valence-electron chi connectivity index (χ1n) is 6.86. The van der Waals surface area contributed by atoms with Crippen LogP contribution in [0.5, 0.6) is 0 Å². The third-order valence-electron chi connectivity index (χ3n) is 3.30. The summed E-state index contributed by atoms with van der Waals surface area (Å²) < 4.78 is 0. The summed E-state index contributed by atoms with van der Waals surface area (Å²) in [6.07, 6.45) is 0. The van der Waals surface area contributed by atoms with E-state index in [0.29, 0.717) is 5.82 Å². The quantitative estimate of drug-likeness (QED) is 0.733. The number of hydrogen-bond acceptors (Lipinski definition) is 4. The molecule has 5 heteroatoms. The van der Waals surface area contributed by atoms with Crippen LogP contribution >= 0.6 is 22.9 Å². The van der Waals surface area contributed by atoms with Gasteiger partial charge in [0.15, 0.2) is 5.82 Å². The van der Waals surface area contributed by atoms with Gasteiger partial charge in [0, 0.05) is 11.9 Å². The Labute approximate surface area is 133 Å². The Bertz CT molecular complexity index is 811. The SMILES string of the molecule is CCNc1nc(-c2scc(C)c2Cl)nc2ccc(C)cc12. The molecule has 0 aliphatic rings. The number of fused-ring (bicyclic) bond motifs is 1. The lowest BCUT2D eigenvalue weighted by atomic mass is 10.1. The van der Waals surface area contributed by atoms with Gasteiger partial charge in [-0.25, -0.2) is 9.97 Å². The summed E-state index contributed by atoms with van der Waals surface area (Å²) in [5.41, 5.74) is 3.20. The number of rotatable bonds is 3. The molecule has 108 valence electrons. The fourth-order valence-electron chi connectivity index (χ4n) is 2.23. The van der Waals surface area contributed by atoms with Crippen molar-refractivity contribution in [2.45, 2.75) is 20.8 Å². The smallest absolute Gasteiger partial charge is 0.173 e. The number of nitrogens with one attached hydrogen (secondary N) is 1. The molecule has 1 N–H and O–H groups in total. The van der Waals surface area contributed by atoms with Crippen molar-refractivity contribution in [3.63, 3.8) is 0 Å². The summed E-state index contributed by atoms with van der Waals surface area (Å²) in [5, 5.41) is 7.15. The maximum atomic E-state index is 6.36. The molecule has 0 unspecified atom stereocenters. The van der Waals surface area contributed by atoms with Crippen molar-refractivity contribution in [1.29, 1.82) is 0 Å². The number of halogens is 1. The molecule has 3 rings (SSSR count). The first kappa shape index (κ1) is 14.3. The maximum Gasteiger partial charge on any atom is 0.173 e. The maximum absolute atomic E-state index is 6.36. The molecule has 0 aliphatic carbocycles. The van der Waals surface area contributed by atoms with E-state index in [2.05, 4.69) is 41.3 Å². The van der Waals surface area contributed by atoms with E-state index in [4.69, 9.17) is 11.6 Å². The monoisotopic (exact) mass is 317 g/mol. The molecule has 1 aromatic carbocycles. The average Bonchev–Trinajstić information content (AvgIpc) is 2.80. The summed E-state index contributed by atoms with van der Waals surface area (Å²) in [5.74, 6) is 1.55. The molecule has 0 spiro atoms. The van der Waals surface area contributed by atoms with Gasteiger partial charge in [-0.05, 0) is 43.8 Å².